The van der Waals surface area contributed by atoms with Gasteiger partial charge in [0.05, 0.1) is 5.41 Å². The molecule has 0 spiro atoms. The van der Waals surface area contributed by atoms with Crippen molar-refractivity contribution in [2.75, 3.05) is 0 Å². The van der Waals surface area contributed by atoms with E-state index in [0.29, 0.717) is 0 Å². The van der Waals surface area contributed by atoms with Gasteiger partial charge in [0.25, 0.3) is 0 Å². The van der Waals surface area contributed by atoms with Gasteiger partial charge in [0.1, 0.15) is 0 Å². The van der Waals surface area contributed by atoms with E-state index in [2.05, 4.69) is 6.29 Å². The van der Waals surface area contributed by atoms with Crippen LogP contribution >= 0.6 is 0 Å². The molecule has 1 radical (unpaired) electrons. The van der Waals surface area contributed by atoms with E-state index >= 15 is 0 Å². The van der Waals surface area contributed by atoms with Crippen LogP contribution in [0.5, 0.6) is 0 Å². The predicted molar refractivity (Wildman–Crippen MR) is 36.8 cm³/mol. The van der Waals surface area contributed by atoms with Crippen molar-refractivity contribution in [3.63, 3.8) is 0 Å². The van der Waals surface area contributed by atoms with Gasteiger partial charge in [0.2, 0.25) is 6.29 Å². The summed E-state index contributed by atoms with van der Waals surface area (Å²) < 4.78 is 0. The molecule has 1 aliphatic carbocycles. The Morgan fingerprint density at radius 3 is 2.22 bits per heavy atom. The molecule has 0 heterocycles. The lowest BCUT2D eigenvalue weighted by Crippen LogP contribution is -1.95. The minimum Gasteiger partial charge on any atom is -0.290 e. The summed E-state index contributed by atoms with van der Waals surface area (Å²) in [5, 5.41) is 0. The van der Waals surface area contributed by atoms with E-state index in [4.69, 9.17) is 0 Å². The third-order valence-electron chi connectivity index (χ3n) is 1.56. The van der Waals surface area contributed by atoms with E-state index < -0.39 is 0 Å². The summed E-state index contributed by atoms with van der Waals surface area (Å²) in [6.07, 6.45) is 6.07. The van der Waals surface area contributed by atoms with E-state index in [1.54, 1.807) is 0 Å². The van der Waals surface area contributed by atoms with Crippen LogP contribution in [0.25, 0.3) is 0 Å². The van der Waals surface area contributed by atoms with Crippen LogP contribution in [0.1, 0.15) is 26.7 Å². The van der Waals surface area contributed by atoms with Crippen LogP contribution in [0, 0.1) is 5.41 Å². The van der Waals surface area contributed by atoms with E-state index in [0.717, 1.165) is 12.8 Å². The molecule has 1 heteroatoms. The van der Waals surface area contributed by atoms with Gasteiger partial charge in [0, 0.05) is 0 Å². The standard InChI is InChI=1S/C8H11O/c1-7(2)5-8(6-9)3-4-8/h5H,3-4H2,1-2H3. The normalized spacial score (nSPS) is 20.7. The van der Waals surface area contributed by atoms with E-state index in [1.165, 1.54) is 5.57 Å². The highest BCUT2D eigenvalue weighted by atomic mass is 16.1. The van der Waals surface area contributed by atoms with Crippen LogP contribution in [-0.4, -0.2) is 6.29 Å². The summed E-state index contributed by atoms with van der Waals surface area (Å²) in [7, 11) is 0. The van der Waals surface area contributed by atoms with Crippen molar-refractivity contribution >= 4 is 6.29 Å². The fourth-order valence-electron chi connectivity index (χ4n) is 0.963. The third kappa shape index (κ3) is 1.41. The van der Waals surface area contributed by atoms with E-state index in [-0.39, 0.29) is 5.41 Å². The van der Waals surface area contributed by atoms with E-state index in [9.17, 15) is 4.79 Å². The minimum absolute atomic E-state index is 0.154. The molecule has 0 unspecified atom stereocenters. The second kappa shape index (κ2) is 1.98. The van der Waals surface area contributed by atoms with Gasteiger partial charge in [-0.25, -0.2) is 0 Å². The molecule has 0 aliphatic heterocycles. The molecule has 0 aromatic carbocycles. The predicted octanol–water partition coefficient (Wildman–Crippen LogP) is 1.84. The van der Waals surface area contributed by atoms with Gasteiger partial charge < -0.3 is 0 Å². The number of hydrogen-bond donors (Lipinski definition) is 0. The summed E-state index contributed by atoms with van der Waals surface area (Å²) in [6.45, 7) is 4.02. The highest BCUT2D eigenvalue weighted by molar-refractivity contribution is 5.67. The molecular formula is C8H11O. The van der Waals surface area contributed by atoms with Gasteiger partial charge in [0.15, 0.2) is 0 Å². The van der Waals surface area contributed by atoms with Crippen LogP contribution in [0.3, 0.4) is 0 Å². The lowest BCUT2D eigenvalue weighted by atomic mass is 10.1. The van der Waals surface area contributed by atoms with Crippen LogP contribution in [0.15, 0.2) is 11.6 Å². The summed E-state index contributed by atoms with van der Waals surface area (Å²) in [6, 6.07) is 0. The van der Waals surface area contributed by atoms with Gasteiger partial charge in [-0.1, -0.05) is 11.6 Å². The summed E-state index contributed by atoms with van der Waals surface area (Å²) in [5.41, 5.74) is 1.06. The maximum atomic E-state index is 10.3. The smallest absolute Gasteiger partial charge is 0.209 e. The molecule has 1 fully saturated rings. The average molecular weight is 123 g/mol. The molecule has 0 aromatic heterocycles. The maximum absolute atomic E-state index is 10.3. The van der Waals surface area contributed by atoms with Crippen LogP contribution in [0.4, 0.5) is 0 Å². The Bertz CT molecular complexity index is 148. The van der Waals surface area contributed by atoms with Crippen molar-refractivity contribution in [3.05, 3.63) is 11.6 Å². The summed E-state index contributed by atoms with van der Waals surface area (Å²) in [5.74, 6) is 0. The van der Waals surface area contributed by atoms with Gasteiger partial charge >= 0.3 is 0 Å². The van der Waals surface area contributed by atoms with Crippen molar-refractivity contribution in [1.29, 1.82) is 0 Å². The Hall–Kier alpha value is -0.590. The zero-order valence-corrected chi connectivity index (χ0v) is 5.90. The Balaban J connectivity index is 2.62. The molecule has 0 bridgehead atoms. The second-order valence-electron chi connectivity index (χ2n) is 2.98. The first-order valence-corrected chi connectivity index (χ1v) is 3.24. The number of hydrogen-bond acceptors (Lipinski definition) is 1. The van der Waals surface area contributed by atoms with Gasteiger partial charge in [-0.3, -0.25) is 4.79 Å². The molecule has 0 N–H and O–H groups in total. The van der Waals surface area contributed by atoms with Gasteiger partial charge in [-0.05, 0) is 26.7 Å². The molecule has 1 rings (SSSR count). The number of allylic oxidation sites excluding steroid dienone is 2. The highest BCUT2D eigenvalue weighted by Crippen LogP contribution is 2.45. The summed E-state index contributed by atoms with van der Waals surface area (Å²) in [4.78, 5) is 10.3. The molecule has 0 atom stereocenters. The SMILES string of the molecule is CC(C)=CC1([C]=O)CC1. The van der Waals surface area contributed by atoms with Crippen molar-refractivity contribution in [2.45, 2.75) is 26.7 Å². The maximum Gasteiger partial charge on any atom is 0.209 e. The molecule has 9 heavy (non-hydrogen) atoms. The lowest BCUT2D eigenvalue weighted by Gasteiger charge is -1.95. The largest absolute Gasteiger partial charge is 0.290 e. The van der Waals surface area contributed by atoms with Gasteiger partial charge in [-0.15, -0.1) is 0 Å². The fourth-order valence-corrected chi connectivity index (χ4v) is 0.963. The monoisotopic (exact) mass is 123 g/mol. The molecule has 1 nitrogen and oxygen atoms in total. The number of rotatable bonds is 2. The van der Waals surface area contributed by atoms with Crippen LogP contribution in [0.2, 0.25) is 0 Å². The van der Waals surface area contributed by atoms with Crippen molar-refractivity contribution in [3.8, 4) is 0 Å². The van der Waals surface area contributed by atoms with E-state index in [1.807, 2.05) is 19.9 Å². The topological polar surface area (TPSA) is 17.1 Å². The zero-order valence-electron chi connectivity index (χ0n) is 5.90. The summed E-state index contributed by atoms with van der Waals surface area (Å²) >= 11 is 0. The third-order valence-corrected chi connectivity index (χ3v) is 1.56. The Morgan fingerprint density at radius 1 is 1.56 bits per heavy atom. The highest BCUT2D eigenvalue weighted by Gasteiger charge is 2.41. The van der Waals surface area contributed by atoms with Crippen LogP contribution < -0.4 is 0 Å². The second-order valence-corrected chi connectivity index (χ2v) is 2.98. The van der Waals surface area contributed by atoms with Crippen molar-refractivity contribution in [2.24, 2.45) is 5.41 Å². The zero-order chi connectivity index (χ0) is 6.91. The molecular weight excluding hydrogens is 112 g/mol. The Labute approximate surface area is 55.8 Å². The lowest BCUT2D eigenvalue weighted by molar-refractivity contribution is 0.535. The average Bonchev–Trinajstić information content (AvgIpc) is 2.48. The van der Waals surface area contributed by atoms with Crippen molar-refractivity contribution in [1.82, 2.24) is 0 Å². The molecule has 0 saturated heterocycles. The van der Waals surface area contributed by atoms with Crippen molar-refractivity contribution < 1.29 is 4.79 Å². The van der Waals surface area contributed by atoms with Gasteiger partial charge in [-0.2, -0.15) is 0 Å². The quantitative estimate of drug-likeness (QED) is 0.512. The minimum atomic E-state index is -0.154. The Kier molecular flexibility index (Phi) is 1.43. The number of carbonyl (C=O) groups excluding carboxylic acids is 1. The molecule has 1 aliphatic rings. The molecule has 0 amide bonds. The Morgan fingerprint density at radius 2 is 2.11 bits per heavy atom. The molecule has 0 aromatic rings. The molecule has 1 saturated carbocycles. The fraction of sp³-hybridized carbons (Fsp3) is 0.625. The van der Waals surface area contributed by atoms with Crippen LogP contribution in [-0.2, 0) is 4.79 Å². The molecule has 49 valence electrons. The first-order valence-electron chi connectivity index (χ1n) is 3.24. The first-order chi connectivity index (χ1) is 4.18. The first kappa shape index (κ1) is 6.53.